The number of nitrogens with one attached hydrogen (secondary N) is 1. The largest absolute Gasteiger partial charge is 0.492 e. The molecule has 1 N–H and O–H groups in total. The van der Waals surface area contributed by atoms with E-state index in [0.29, 0.717) is 44.9 Å². The zero-order valence-electron chi connectivity index (χ0n) is 23.9. The summed E-state index contributed by atoms with van der Waals surface area (Å²) < 4.78 is 61.0. The van der Waals surface area contributed by atoms with E-state index in [1.165, 1.54) is 0 Å². The number of rotatable bonds is 10. The van der Waals surface area contributed by atoms with Crippen molar-refractivity contribution in [1.29, 1.82) is 0 Å². The molecule has 10 nitrogen and oxygen atoms in total. The standard InChI is InChI=1S/C30H37ClFN3O7S/c31-26-16-25(27(32)17-28(26)40-19-21-8-4-5-9-21)29(36)33-43(38,39)35-15-12-24(18-35)42-23-10-13-34(14-11-23)30(37)41-20-22-6-2-1-3-7-22/h1-3,6-7,16-17,21,23-24H,4-5,8-15,18-20H2,(H,33,36). The van der Waals surface area contributed by atoms with Crippen LogP contribution in [0.1, 0.15) is 60.9 Å². The SMILES string of the molecule is O=C(NS(=O)(=O)N1CCC(OC2CCN(C(=O)OCc3ccccc3)CC2)C1)c1cc(Cl)c(OCC2CCCC2)cc1F. The summed E-state index contributed by atoms with van der Waals surface area (Å²) in [5.74, 6) is -1.52. The lowest BCUT2D eigenvalue weighted by Gasteiger charge is -2.32. The number of hydrogen-bond donors (Lipinski definition) is 1. The zero-order valence-corrected chi connectivity index (χ0v) is 25.5. The molecule has 43 heavy (non-hydrogen) atoms. The summed E-state index contributed by atoms with van der Waals surface area (Å²) in [4.78, 5) is 26.8. The molecule has 2 amide bonds. The van der Waals surface area contributed by atoms with E-state index in [1.54, 1.807) is 4.90 Å². The van der Waals surface area contributed by atoms with Crippen molar-refractivity contribution in [3.63, 3.8) is 0 Å². The van der Waals surface area contributed by atoms with E-state index >= 15 is 0 Å². The first-order valence-electron chi connectivity index (χ1n) is 14.7. The maximum atomic E-state index is 14.8. The van der Waals surface area contributed by atoms with Gasteiger partial charge < -0.3 is 19.1 Å². The smallest absolute Gasteiger partial charge is 0.410 e. The minimum atomic E-state index is -4.25. The lowest BCUT2D eigenvalue weighted by atomic mass is 10.1. The van der Waals surface area contributed by atoms with Gasteiger partial charge in [-0.2, -0.15) is 12.7 Å². The Bertz CT molecular complexity index is 1380. The van der Waals surface area contributed by atoms with Gasteiger partial charge in [-0.3, -0.25) is 4.79 Å². The molecule has 3 aliphatic rings. The number of amides is 2. The second kappa shape index (κ2) is 14.2. The molecule has 1 atom stereocenters. The number of carbonyl (C=O) groups excluding carboxylic acids is 2. The Balaban J connectivity index is 1.06. The van der Waals surface area contributed by atoms with Crippen LogP contribution in [-0.4, -0.2) is 74.6 Å². The van der Waals surface area contributed by atoms with Gasteiger partial charge in [-0.05, 0) is 49.7 Å². The van der Waals surface area contributed by atoms with Crippen LogP contribution in [0.3, 0.4) is 0 Å². The van der Waals surface area contributed by atoms with Crippen molar-refractivity contribution in [3.8, 4) is 5.75 Å². The van der Waals surface area contributed by atoms with Crippen molar-refractivity contribution in [2.24, 2.45) is 5.92 Å². The summed E-state index contributed by atoms with van der Waals surface area (Å²) in [5, 5.41) is 0.0343. The van der Waals surface area contributed by atoms with Crippen LogP contribution in [0.15, 0.2) is 42.5 Å². The molecule has 2 aromatic carbocycles. The molecule has 234 valence electrons. The monoisotopic (exact) mass is 637 g/mol. The van der Waals surface area contributed by atoms with Gasteiger partial charge in [-0.15, -0.1) is 0 Å². The molecule has 2 heterocycles. The Kier molecular flexibility index (Phi) is 10.4. The Labute approximate surface area is 256 Å². The number of nitrogens with zero attached hydrogens (tertiary/aromatic N) is 2. The third-order valence-corrected chi connectivity index (χ3v) is 9.93. The van der Waals surface area contributed by atoms with E-state index < -0.39 is 27.5 Å². The Morgan fingerprint density at radius 1 is 0.977 bits per heavy atom. The fourth-order valence-electron chi connectivity index (χ4n) is 5.72. The molecule has 0 aromatic heterocycles. The van der Waals surface area contributed by atoms with Crippen LogP contribution in [-0.2, 0) is 26.3 Å². The molecule has 1 saturated carbocycles. The highest BCUT2D eigenvalue weighted by Gasteiger charge is 2.36. The quantitative estimate of drug-likeness (QED) is 0.394. The predicted octanol–water partition coefficient (Wildman–Crippen LogP) is 4.91. The number of likely N-dealkylation sites (tertiary alicyclic amines) is 1. The summed E-state index contributed by atoms with van der Waals surface area (Å²) in [6.45, 7) is 1.77. The van der Waals surface area contributed by atoms with Crippen LogP contribution in [0.4, 0.5) is 9.18 Å². The van der Waals surface area contributed by atoms with Gasteiger partial charge in [0.05, 0.1) is 29.4 Å². The van der Waals surface area contributed by atoms with Gasteiger partial charge in [0, 0.05) is 32.2 Å². The van der Waals surface area contributed by atoms with E-state index in [0.717, 1.165) is 47.7 Å². The number of ether oxygens (including phenoxy) is 3. The first kappa shape index (κ1) is 31.5. The highest BCUT2D eigenvalue weighted by atomic mass is 35.5. The number of hydrogen-bond acceptors (Lipinski definition) is 7. The van der Waals surface area contributed by atoms with Crippen molar-refractivity contribution in [3.05, 3.63) is 64.4 Å². The maximum Gasteiger partial charge on any atom is 0.410 e. The van der Waals surface area contributed by atoms with E-state index in [9.17, 15) is 22.4 Å². The van der Waals surface area contributed by atoms with Crippen LogP contribution in [0, 0.1) is 11.7 Å². The van der Waals surface area contributed by atoms with E-state index in [-0.39, 0.29) is 48.8 Å². The number of piperidine rings is 1. The van der Waals surface area contributed by atoms with Gasteiger partial charge >= 0.3 is 16.3 Å². The lowest BCUT2D eigenvalue weighted by Crippen LogP contribution is -2.44. The Morgan fingerprint density at radius 2 is 1.67 bits per heavy atom. The van der Waals surface area contributed by atoms with E-state index in [4.69, 9.17) is 25.8 Å². The summed E-state index contributed by atoms with van der Waals surface area (Å²) in [6.07, 6.45) is 5.14. The maximum absolute atomic E-state index is 14.8. The topological polar surface area (TPSA) is 114 Å². The minimum absolute atomic E-state index is 0.0343. The van der Waals surface area contributed by atoms with Gasteiger partial charge in [0.25, 0.3) is 5.91 Å². The first-order valence-corrected chi connectivity index (χ1v) is 16.5. The molecule has 0 radical (unpaired) electrons. The fourth-order valence-corrected chi connectivity index (χ4v) is 7.12. The van der Waals surface area contributed by atoms with Crippen LogP contribution in [0.2, 0.25) is 5.02 Å². The van der Waals surface area contributed by atoms with Crippen molar-refractivity contribution >= 4 is 33.8 Å². The first-order chi connectivity index (χ1) is 20.7. The molecule has 13 heteroatoms. The summed E-state index contributed by atoms with van der Waals surface area (Å²) >= 11 is 6.23. The molecule has 5 rings (SSSR count). The molecule has 0 bridgehead atoms. The second-order valence-corrected chi connectivity index (χ2v) is 13.4. The molecule has 2 aliphatic heterocycles. The fraction of sp³-hybridized carbons (Fsp3) is 0.533. The summed E-state index contributed by atoms with van der Waals surface area (Å²) in [7, 11) is -4.25. The molecular formula is C30H37ClFN3O7S. The second-order valence-electron chi connectivity index (χ2n) is 11.3. The van der Waals surface area contributed by atoms with Crippen molar-refractivity contribution in [2.45, 2.75) is 63.8 Å². The molecule has 3 fully saturated rings. The van der Waals surface area contributed by atoms with Gasteiger partial charge in [0.15, 0.2) is 0 Å². The van der Waals surface area contributed by atoms with Gasteiger partial charge in [-0.25, -0.2) is 13.9 Å². The average Bonchev–Trinajstić information content (AvgIpc) is 3.70. The Hall–Kier alpha value is -2.93. The normalized spacial score (nSPS) is 20.3. The van der Waals surface area contributed by atoms with E-state index in [2.05, 4.69) is 0 Å². The van der Waals surface area contributed by atoms with Crippen LogP contribution in [0.25, 0.3) is 0 Å². The van der Waals surface area contributed by atoms with Crippen molar-refractivity contribution in [2.75, 3.05) is 32.8 Å². The van der Waals surface area contributed by atoms with Gasteiger partial charge in [0.1, 0.15) is 18.2 Å². The average molecular weight is 638 g/mol. The predicted molar refractivity (Wildman–Crippen MR) is 158 cm³/mol. The molecule has 0 spiro atoms. The summed E-state index contributed by atoms with van der Waals surface area (Å²) in [6, 6.07) is 11.6. The van der Waals surface area contributed by atoms with Crippen LogP contribution < -0.4 is 9.46 Å². The minimum Gasteiger partial charge on any atom is -0.492 e. The van der Waals surface area contributed by atoms with Crippen LogP contribution >= 0.6 is 11.6 Å². The number of carbonyl (C=O) groups is 2. The third kappa shape index (κ3) is 8.37. The van der Waals surface area contributed by atoms with Gasteiger partial charge in [-0.1, -0.05) is 54.8 Å². The number of benzene rings is 2. The van der Waals surface area contributed by atoms with Crippen molar-refractivity contribution < 1.29 is 36.6 Å². The Morgan fingerprint density at radius 3 is 2.40 bits per heavy atom. The van der Waals surface area contributed by atoms with E-state index in [1.807, 2.05) is 35.1 Å². The highest BCUT2D eigenvalue weighted by molar-refractivity contribution is 7.87. The number of halogens is 2. The molecule has 2 aromatic rings. The zero-order chi connectivity index (χ0) is 30.4. The lowest BCUT2D eigenvalue weighted by molar-refractivity contribution is -0.0348. The highest BCUT2D eigenvalue weighted by Crippen LogP contribution is 2.31. The molecule has 1 unspecified atom stereocenters. The van der Waals surface area contributed by atoms with Crippen LogP contribution in [0.5, 0.6) is 5.75 Å². The van der Waals surface area contributed by atoms with Crippen molar-refractivity contribution in [1.82, 2.24) is 13.9 Å². The third-order valence-electron chi connectivity index (χ3n) is 8.18. The van der Waals surface area contributed by atoms with Gasteiger partial charge in [0.2, 0.25) is 0 Å². The molecule has 2 saturated heterocycles. The summed E-state index contributed by atoms with van der Waals surface area (Å²) in [5.41, 5.74) is 0.431. The molecular weight excluding hydrogens is 601 g/mol. The molecule has 1 aliphatic carbocycles.